The minimum absolute atomic E-state index is 0. The van der Waals surface area contributed by atoms with E-state index in [-0.39, 0.29) is 113 Å². The summed E-state index contributed by atoms with van der Waals surface area (Å²) in [5.41, 5.74) is 0. The van der Waals surface area contributed by atoms with Crippen LogP contribution in [-0.2, 0) is 61.5 Å². The maximum Gasteiger partial charge on any atom is 3.00 e. The van der Waals surface area contributed by atoms with E-state index in [1.165, 1.54) is 0 Å². The number of hydrogen-bond acceptors (Lipinski definition) is 0. The molecule has 0 N–H and O–H groups in total. The predicted molar refractivity (Wildman–Crippen MR) is 14.9 cm³/mol. The largest absolute Gasteiger partial charge is 3.00 e. The third-order valence-corrected chi connectivity index (χ3v) is 0. The molecule has 0 aromatic heterocycles. The minimum Gasteiger partial charge on any atom is -2.00 e. The number of hydrogen-bond donors (Lipinski definition) is 0. The monoisotopic (exact) mass is 436 g/mol. The quantitative estimate of drug-likeness (QED) is 0.413. The Bertz CT molecular complexity index is 12.9. The van der Waals surface area contributed by atoms with Crippen LogP contribution >= 0.6 is 0 Å². The van der Waals surface area contributed by atoms with Crippen molar-refractivity contribution >= 4 is 51.7 Å². The zero-order chi connectivity index (χ0) is 0. The van der Waals surface area contributed by atoms with Gasteiger partial charge in [0, 0.05) is 0 Å². The molecule has 0 heterocycles. The van der Waals surface area contributed by atoms with Crippen LogP contribution in [0.3, 0.4) is 0 Å². The standard InChI is InChI=1S/2Cu.2In.5O/q2*+2;2*+3;5*-2. The number of rotatable bonds is 0. The zero-order valence-corrected chi connectivity index (χ0v) is 12.3. The Kier molecular flexibility index (Phi) is 3160. The van der Waals surface area contributed by atoms with Gasteiger partial charge < -0.3 is 27.4 Å². The van der Waals surface area contributed by atoms with Crippen molar-refractivity contribution in [1.29, 1.82) is 0 Å². The van der Waals surface area contributed by atoms with Gasteiger partial charge in [0.15, 0.2) is 0 Å². The molecule has 2 radical (unpaired) electrons. The maximum atomic E-state index is 0. The molecule has 0 saturated carbocycles. The zero-order valence-electron chi connectivity index (χ0n) is 3.80. The van der Waals surface area contributed by atoms with Crippen LogP contribution in [0.15, 0.2) is 0 Å². The van der Waals surface area contributed by atoms with Gasteiger partial charge in [-0.25, -0.2) is 0 Å². The van der Waals surface area contributed by atoms with Gasteiger partial charge in [-0.2, -0.15) is 0 Å². The van der Waals surface area contributed by atoms with E-state index < -0.39 is 0 Å². The van der Waals surface area contributed by atoms with Crippen molar-refractivity contribution < 1.29 is 61.5 Å². The van der Waals surface area contributed by atoms with Gasteiger partial charge in [0.1, 0.15) is 0 Å². The summed E-state index contributed by atoms with van der Waals surface area (Å²) in [5, 5.41) is 0. The van der Waals surface area contributed by atoms with Gasteiger partial charge in [-0.3, -0.25) is 0 Å². The fourth-order valence-electron chi connectivity index (χ4n) is 0. The Hall–Kier alpha value is 2.58. The third kappa shape index (κ3) is 117. The first-order chi connectivity index (χ1) is 0. The Balaban J connectivity index is 0. The fourth-order valence-corrected chi connectivity index (χ4v) is 0. The Morgan fingerprint density at radius 3 is 0.333 bits per heavy atom. The van der Waals surface area contributed by atoms with Crippen LogP contribution in [0.5, 0.6) is 0 Å². The van der Waals surface area contributed by atoms with Crippen LogP contribution in [0.2, 0.25) is 0 Å². The van der Waals surface area contributed by atoms with Crippen molar-refractivity contribution in [1.82, 2.24) is 0 Å². The van der Waals surface area contributed by atoms with E-state index in [0.29, 0.717) is 0 Å². The normalized spacial score (nSPS) is 0. The van der Waals surface area contributed by atoms with Gasteiger partial charge in [-0.05, 0) is 0 Å². The molecule has 9 heteroatoms. The van der Waals surface area contributed by atoms with Crippen LogP contribution in [0.4, 0.5) is 0 Å². The van der Waals surface area contributed by atoms with Gasteiger partial charge in [0.05, 0.1) is 0 Å². The Morgan fingerprint density at radius 2 is 0.333 bits per heavy atom. The van der Waals surface area contributed by atoms with Crippen LogP contribution in [-0.4, -0.2) is 51.7 Å². The van der Waals surface area contributed by atoms with Crippen LogP contribution in [0.1, 0.15) is 0 Å². The summed E-state index contributed by atoms with van der Waals surface area (Å²) in [5.74, 6) is 0. The summed E-state index contributed by atoms with van der Waals surface area (Å²) in [6.45, 7) is 0. The van der Waals surface area contributed by atoms with E-state index in [1.54, 1.807) is 0 Å². The van der Waals surface area contributed by atoms with Crippen LogP contribution in [0.25, 0.3) is 0 Å². The molecule has 5 nitrogen and oxygen atoms in total. The van der Waals surface area contributed by atoms with Crippen molar-refractivity contribution in [3.63, 3.8) is 0 Å². The van der Waals surface area contributed by atoms with Gasteiger partial charge in [-0.1, -0.05) is 0 Å². The van der Waals surface area contributed by atoms with Gasteiger partial charge in [0.25, 0.3) is 0 Å². The molecule has 0 unspecified atom stereocenters. The summed E-state index contributed by atoms with van der Waals surface area (Å²) < 4.78 is 0. The van der Waals surface area contributed by atoms with E-state index in [2.05, 4.69) is 0 Å². The first-order valence-corrected chi connectivity index (χ1v) is 0. The molecule has 0 aliphatic carbocycles. The molecule has 0 aromatic carbocycles. The van der Waals surface area contributed by atoms with Gasteiger partial charge in [-0.15, -0.1) is 0 Å². The summed E-state index contributed by atoms with van der Waals surface area (Å²) in [6.07, 6.45) is 0. The third-order valence-electron chi connectivity index (χ3n) is 0. The summed E-state index contributed by atoms with van der Waals surface area (Å²) in [7, 11) is 0. The van der Waals surface area contributed by atoms with E-state index in [0.717, 1.165) is 0 Å². The molecule has 0 spiro atoms. The van der Waals surface area contributed by atoms with E-state index in [9.17, 15) is 0 Å². The molecule has 0 fully saturated rings. The van der Waals surface area contributed by atoms with Crippen LogP contribution in [0, 0.1) is 0 Å². The second-order valence-electron chi connectivity index (χ2n) is 0. The second kappa shape index (κ2) is 146. The van der Waals surface area contributed by atoms with Gasteiger partial charge >= 0.3 is 85.8 Å². The van der Waals surface area contributed by atoms with Crippen molar-refractivity contribution in [2.75, 3.05) is 0 Å². The molecule has 9 heavy (non-hydrogen) atoms. The van der Waals surface area contributed by atoms with Crippen molar-refractivity contribution in [3.8, 4) is 0 Å². The van der Waals surface area contributed by atoms with E-state index in [4.69, 9.17) is 0 Å². The van der Waals surface area contributed by atoms with Crippen molar-refractivity contribution in [3.05, 3.63) is 0 Å². The molecule has 0 bridgehead atoms. The molecular formula is Cu2In2O5. The van der Waals surface area contributed by atoms with Crippen molar-refractivity contribution in [2.24, 2.45) is 0 Å². The first kappa shape index (κ1) is 195. The molecule has 0 rings (SSSR count). The van der Waals surface area contributed by atoms with Crippen LogP contribution < -0.4 is 0 Å². The van der Waals surface area contributed by atoms with Crippen molar-refractivity contribution in [2.45, 2.75) is 0 Å². The van der Waals surface area contributed by atoms with E-state index >= 15 is 0 Å². The average molecular weight is 437 g/mol. The molecular weight excluding hydrogens is 437 g/mol. The Morgan fingerprint density at radius 1 is 0.333 bits per heavy atom. The molecule has 0 amide bonds. The summed E-state index contributed by atoms with van der Waals surface area (Å²) in [4.78, 5) is 0. The minimum atomic E-state index is 0. The second-order valence-corrected chi connectivity index (χ2v) is 0. The predicted octanol–water partition coefficient (Wildman–Crippen LogP) is -1.36. The summed E-state index contributed by atoms with van der Waals surface area (Å²) in [6, 6.07) is 0. The molecule has 0 aromatic rings. The Labute approximate surface area is 112 Å². The fraction of sp³-hybridized carbons (Fsp3) is 0. The summed E-state index contributed by atoms with van der Waals surface area (Å²) >= 11 is 0. The molecule has 58 valence electrons. The molecule has 0 aliphatic heterocycles. The van der Waals surface area contributed by atoms with E-state index in [1.807, 2.05) is 0 Å². The molecule has 0 saturated heterocycles. The topological polar surface area (TPSA) is 142 Å². The average Bonchev–Trinajstić information content (AvgIpc) is 0. The SMILES string of the molecule is [Cu+2].[Cu+2].[In+3].[In+3].[O-2].[O-2].[O-2].[O-2].[O-2]. The molecule has 0 aliphatic rings. The van der Waals surface area contributed by atoms with Gasteiger partial charge in [0.2, 0.25) is 0 Å². The first-order valence-electron chi connectivity index (χ1n) is 0. The maximum absolute atomic E-state index is 0. The molecule has 0 atom stereocenters. The smallest absolute Gasteiger partial charge is 2.00 e.